The molecule has 0 aliphatic heterocycles. The number of hydrogen-bond donors (Lipinski definition) is 2. The Kier molecular flexibility index (Phi) is 5.56. The van der Waals surface area contributed by atoms with Crippen molar-refractivity contribution in [2.24, 2.45) is 5.10 Å². The summed E-state index contributed by atoms with van der Waals surface area (Å²) < 4.78 is 43.3. The van der Waals surface area contributed by atoms with Crippen LogP contribution in [0.3, 0.4) is 0 Å². The number of pyridine rings is 1. The summed E-state index contributed by atoms with van der Waals surface area (Å²) in [5.74, 6) is -0.403. The Morgan fingerprint density at radius 1 is 1.38 bits per heavy atom. The van der Waals surface area contributed by atoms with Gasteiger partial charge in [0.2, 0.25) is 0 Å². The first-order valence-electron chi connectivity index (χ1n) is 7.11. The van der Waals surface area contributed by atoms with Gasteiger partial charge in [0.1, 0.15) is 17.3 Å². The number of carbonyl (C=O) groups is 1. The lowest BCUT2D eigenvalue weighted by atomic mass is 10.2. The van der Waals surface area contributed by atoms with Crippen LogP contribution in [0.15, 0.2) is 40.0 Å². The first-order chi connectivity index (χ1) is 11.4. The van der Waals surface area contributed by atoms with E-state index < -0.39 is 17.8 Å². The summed E-state index contributed by atoms with van der Waals surface area (Å²) in [4.78, 5) is 15.6. The molecule has 2 aromatic rings. The van der Waals surface area contributed by atoms with Gasteiger partial charge in [0.25, 0.3) is 5.91 Å². The molecule has 9 heteroatoms. The minimum atomic E-state index is -4.59. The van der Waals surface area contributed by atoms with Gasteiger partial charge in [0, 0.05) is 6.54 Å². The Labute approximate surface area is 135 Å². The van der Waals surface area contributed by atoms with E-state index in [9.17, 15) is 18.0 Å². The summed E-state index contributed by atoms with van der Waals surface area (Å²) in [6.45, 7) is 2.22. The lowest BCUT2D eigenvalue weighted by molar-refractivity contribution is -0.141. The molecule has 0 aliphatic rings. The summed E-state index contributed by atoms with van der Waals surface area (Å²) in [6.07, 6.45) is -1.21. The molecule has 2 N–H and O–H groups in total. The zero-order chi connectivity index (χ0) is 17.6. The number of furan rings is 1. The SMILES string of the molecule is CCCNc1nc(C(F)(F)F)ccc1C(=O)N/N=C/c1ccco1. The molecule has 2 heterocycles. The van der Waals surface area contributed by atoms with Gasteiger partial charge < -0.3 is 9.73 Å². The van der Waals surface area contributed by atoms with Crippen molar-refractivity contribution in [2.45, 2.75) is 19.5 Å². The second kappa shape index (κ2) is 7.62. The number of hydrazone groups is 1. The second-order valence-corrected chi connectivity index (χ2v) is 4.73. The van der Waals surface area contributed by atoms with Gasteiger partial charge in [-0.15, -0.1) is 0 Å². The molecule has 0 spiro atoms. The van der Waals surface area contributed by atoms with E-state index >= 15 is 0 Å². The molecule has 0 unspecified atom stereocenters. The highest BCUT2D eigenvalue weighted by atomic mass is 19.4. The number of alkyl halides is 3. The number of anilines is 1. The van der Waals surface area contributed by atoms with E-state index in [1.807, 2.05) is 6.92 Å². The highest BCUT2D eigenvalue weighted by Crippen LogP contribution is 2.29. The van der Waals surface area contributed by atoms with Crippen molar-refractivity contribution in [1.29, 1.82) is 0 Å². The first kappa shape index (κ1) is 17.5. The molecule has 0 atom stereocenters. The maximum atomic E-state index is 12.8. The molecule has 24 heavy (non-hydrogen) atoms. The molecule has 2 rings (SSSR count). The number of carbonyl (C=O) groups excluding carboxylic acids is 1. The third-order valence-corrected chi connectivity index (χ3v) is 2.87. The zero-order valence-electron chi connectivity index (χ0n) is 12.7. The van der Waals surface area contributed by atoms with Crippen molar-refractivity contribution in [3.63, 3.8) is 0 Å². The number of halogens is 3. The van der Waals surface area contributed by atoms with Crippen LogP contribution in [0.25, 0.3) is 0 Å². The van der Waals surface area contributed by atoms with Crippen molar-refractivity contribution in [3.8, 4) is 0 Å². The third kappa shape index (κ3) is 4.58. The standard InChI is InChI=1S/C15H15F3N4O2/c1-2-7-19-13-11(5-6-12(21-13)15(16,17)18)14(23)22-20-9-10-4-3-8-24-10/h3-6,8-9H,2,7H2,1H3,(H,19,21)(H,22,23)/b20-9+. The number of amides is 1. The summed E-state index contributed by atoms with van der Waals surface area (Å²) in [5, 5.41) is 6.40. The van der Waals surface area contributed by atoms with Crippen LogP contribution in [-0.4, -0.2) is 23.7 Å². The van der Waals surface area contributed by atoms with Gasteiger partial charge >= 0.3 is 6.18 Å². The van der Waals surface area contributed by atoms with Crippen molar-refractivity contribution in [1.82, 2.24) is 10.4 Å². The molecule has 2 aromatic heterocycles. The van der Waals surface area contributed by atoms with Gasteiger partial charge in [-0.2, -0.15) is 18.3 Å². The summed E-state index contributed by atoms with van der Waals surface area (Å²) in [6, 6.07) is 5.09. The molecule has 128 valence electrons. The first-order valence-corrected chi connectivity index (χ1v) is 7.11. The lowest BCUT2D eigenvalue weighted by Gasteiger charge is -2.12. The molecule has 1 amide bonds. The van der Waals surface area contributed by atoms with Gasteiger partial charge in [-0.25, -0.2) is 10.4 Å². The van der Waals surface area contributed by atoms with E-state index in [4.69, 9.17) is 4.42 Å². The normalized spacial score (nSPS) is 11.7. The fraction of sp³-hybridized carbons (Fsp3) is 0.267. The Morgan fingerprint density at radius 2 is 2.17 bits per heavy atom. The van der Waals surface area contributed by atoms with Crippen LogP contribution in [0.4, 0.5) is 19.0 Å². The minimum absolute atomic E-state index is 0.0342. The maximum Gasteiger partial charge on any atom is 0.433 e. The van der Waals surface area contributed by atoms with Crippen molar-refractivity contribution in [3.05, 3.63) is 47.5 Å². The molecule has 0 radical (unpaired) electrons. The van der Waals surface area contributed by atoms with Crippen LogP contribution in [0.5, 0.6) is 0 Å². The van der Waals surface area contributed by atoms with Crippen molar-refractivity contribution < 1.29 is 22.4 Å². The van der Waals surface area contributed by atoms with Crippen LogP contribution < -0.4 is 10.7 Å². The molecule has 0 aliphatic carbocycles. The molecule has 0 bridgehead atoms. The van der Waals surface area contributed by atoms with Gasteiger partial charge in [0.15, 0.2) is 0 Å². The van der Waals surface area contributed by atoms with Gasteiger partial charge in [0.05, 0.1) is 18.0 Å². The van der Waals surface area contributed by atoms with Crippen LogP contribution in [0.2, 0.25) is 0 Å². The quantitative estimate of drug-likeness (QED) is 0.625. The summed E-state index contributed by atoms with van der Waals surface area (Å²) in [7, 11) is 0. The van der Waals surface area contributed by atoms with Crippen molar-refractivity contribution in [2.75, 3.05) is 11.9 Å². The van der Waals surface area contributed by atoms with Gasteiger partial charge in [-0.1, -0.05) is 6.92 Å². The van der Waals surface area contributed by atoms with Crippen molar-refractivity contribution >= 4 is 17.9 Å². The molecule has 0 aromatic carbocycles. The fourth-order valence-electron chi connectivity index (χ4n) is 1.76. The lowest BCUT2D eigenvalue weighted by Crippen LogP contribution is -2.21. The smallest absolute Gasteiger partial charge is 0.433 e. The second-order valence-electron chi connectivity index (χ2n) is 4.73. The molecule has 6 nitrogen and oxygen atoms in total. The third-order valence-electron chi connectivity index (χ3n) is 2.87. The Balaban J connectivity index is 2.18. The van der Waals surface area contributed by atoms with E-state index in [0.29, 0.717) is 18.7 Å². The molecule has 0 saturated carbocycles. The number of nitrogens with one attached hydrogen (secondary N) is 2. The van der Waals surface area contributed by atoms with Crippen LogP contribution in [0.1, 0.15) is 35.2 Å². The monoisotopic (exact) mass is 340 g/mol. The molecular formula is C15H15F3N4O2. The average Bonchev–Trinajstić information content (AvgIpc) is 3.05. The van der Waals surface area contributed by atoms with E-state index in [0.717, 1.165) is 12.1 Å². The molecule has 0 fully saturated rings. The Bertz CT molecular complexity index is 712. The van der Waals surface area contributed by atoms with E-state index in [1.165, 1.54) is 12.5 Å². The predicted octanol–water partition coefficient (Wildman–Crippen LogP) is 3.28. The number of hydrogen-bond acceptors (Lipinski definition) is 5. The van der Waals surface area contributed by atoms with E-state index in [1.54, 1.807) is 12.1 Å². The minimum Gasteiger partial charge on any atom is -0.463 e. The van der Waals surface area contributed by atoms with Gasteiger partial charge in [-0.3, -0.25) is 4.79 Å². The van der Waals surface area contributed by atoms with Crippen LogP contribution >= 0.6 is 0 Å². The number of rotatable bonds is 6. The molecule has 0 saturated heterocycles. The van der Waals surface area contributed by atoms with Crippen LogP contribution in [-0.2, 0) is 6.18 Å². The fourth-order valence-corrected chi connectivity index (χ4v) is 1.76. The largest absolute Gasteiger partial charge is 0.463 e. The molecular weight excluding hydrogens is 325 g/mol. The van der Waals surface area contributed by atoms with Gasteiger partial charge in [-0.05, 0) is 30.7 Å². The Hall–Kier alpha value is -2.84. The Morgan fingerprint density at radius 3 is 2.79 bits per heavy atom. The number of aromatic nitrogens is 1. The number of nitrogens with zero attached hydrogens (tertiary/aromatic N) is 2. The van der Waals surface area contributed by atoms with E-state index in [-0.39, 0.29) is 11.4 Å². The average molecular weight is 340 g/mol. The summed E-state index contributed by atoms with van der Waals surface area (Å²) in [5.41, 5.74) is 1.11. The van der Waals surface area contributed by atoms with Crippen LogP contribution in [0, 0.1) is 0 Å². The van der Waals surface area contributed by atoms with E-state index in [2.05, 4.69) is 20.8 Å². The summed E-state index contributed by atoms with van der Waals surface area (Å²) >= 11 is 0. The highest BCUT2D eigenvalue weighted by Gasteiger charge is 2.33. The highest BCUT2D eigenvalue weighted by molar-refractivity contribution is 5.99. The zero-order valence-corrected chi connectivity index (χ0v) is 12.7. The predicted molar refractivity (Wildman–Crippen MR) is 81.8 cm³/mol. The topological polar surface area (TPSA) is 79.5 Å². The maximum absolute atomic E-state index is 12.8.